The van der Waals surface area contributed by atoms with Gasteiger partial charge in [0.25, 0.3) is 0 Å². The first-order valence-corrected chi connectivity index (χ1v) is 6.05. The molecule has 0 aromatic heterocycles. The maximum Gasteiger partial charge on any atom is 0.147 e. The number of alkyl halides is 2. The third-order valence-electron chi connectivity index (χ3n) is 2.11. The van der Waals surface area contributed by atoms with E-state index in [-0.39, 0.29) is 5.78 Å². The van der Waals surface area contributed by atoms with E-state index in [2.05, 4.69) is 15.9 Å². The van der Waals surface area contributed by atoms with E-state index in [1.807, 2.05) is 25.1 Å². The third kappa shape index (κ3) is 3.10. The first-order chi connectivity index (χ1) is 6.67. The van der Waals surface area contributed by atoms with Gasteiger partial charge in [-0.3, -0.25) is 4.79 Å². The van der Waals surface area contributed by atoms with Gasteiger partial charge in [-0.05, 0) is 23.6 Å². The number of Topliss-reactive ketones (excluding diaryl/α,β-unsaturated/α-hetero) is 1. The number of carbonyl (C=O) groups is 1. The van der Waals surface area contributed by atoms with E-state index in [1.54, 1.807) is 0 Å². The zero-order valence-corrected chi connectivity index (χ0v) is 10.4. The lowest BCUT2D eigenvalue weighted by Crippen LogP contribution is -2.04. The molecular formula is C11H12BrClO. The summed E-state index contributed by atoms with van der Waals surface area (Å²) in [5, 5.41) is 0.414. The number of halogens is 2. The molecule has 0 bridgehead atoms. The summed E-state index contributed by atoms with van der Waals surface area (Å²) in [7, 11) is 0. The molecule has 1 aromatic rings. The molecule has 3 heteroatoms. The quantitative estimate of drug-likeness (QED) is 0.771. The Morgan fingerprint density at radius 2 is 2.21 bits per heavy atom. The number of hydrogen-bond donors (Lipinski definition) is 0. The Labute approximate surface area is 97.6 Å². The fourth-order valence-corrected chi connectivity index (χ4v) is 1.74. The van der Waals surface area contributed by atoms with E-state index < -0.39 is 0 Å². The van der Waals surface area contributed by atoms with Gasteiger partial charge in [0.15, 0.2) is 0 Å². The van der Waals surface area contributed by atoms with Crippen LogP contribution in [0.3, 0.4) is 0 Å². The van der Waals surface area contributed by atoms with Gasteiger partial charge in [-0.15, -0.1) is 11.6 Å². The van der Waals surface area contributed by atoms with Gasteiger partial charge in [-0.2, -0.15) is 0 Å². The average Bonchev–Trinajstić information content (AvgIpc) is 2.20. The number of rotatable bonds is 4. The lowest BCUT2D eigenvalue weighted by molar-refractivity contribution is -0.115. The zero-order valence-electron chi connectivity index (χ0n) is 8.02. The summed E-state index contributed by atoms with van der Waals surface area (Å²) >= 11 is 8.93. The molecule has 1 aromatic carbocycles. The third-order valence-corrected chi connectivity index (χ3v) is 3.02. The summed E-state index contributed by atoms with van der Waals surface area (Å²) in [6.45, 7) is 2.02. The second-order valence-electron chi connectivity index (χ2n) is 3.24. The minimum Gasteiger partial charge on any atom is -0.298 e. The molecule has 0 aliphatic carbocycles. The Balaban J connectivity index is 2.84. The van der Waals surface area contributed by atoms with Crippen molar-refractivity contribution in [1.82, 2.24) is 0 Å². The SMILES string of the molecule is Cc1ccc(CC(=O)CBr)cc1CCl. The van der Waals surface area contributed by atoms with Crippen LogP contribution >= 0.6 is 27.5 Å². The van der Waals surface area contributed by atoms with Crippen LogP contribution in [0.4, 0.5) is 0 Å². The van der Waals surface area contributed by atoms with E-state index in [0.29, 0.717) is 17.6 Å². The van der Waals surface area contributed by atoms with Crippen LogP contribution in [0.15, 0.2) is 18.2 Å². The molecule has 0 saturated heterocycles. The number of benzene rings is 1. The molecule has 1 nitrogen and oxygen atoms in total. The van der Waals surface area contributed by atoms with Crippen molar-refractivity contribution in [2.24, 2.45) is 0 Å². The fraction of sp³-hybridized carbons (Fsp3) is 0.364. The zero-order chi connectivity index (χ0) is 10.6. The minimum absolute atomic E-state index is 0.189. The van der Waals surface area contributed by atoms with Crippen LogP contribution in [0, 0.1) is 6.92 Å². The largest absolute Gasteiger partial charge is 0.298 e. The summed E-state index contributed by atoms with van der Waals surface area (Å²) < 4.78 is 0. The van der Waals surface area contributed by atoms with Crippen LogP contribution in [0.5, 0.6) is 0 Å². The van der Waals surface area contributed by atoms with Gasteiger partial charge >= 0.3 is 0 Å². The fourth-order valence-electron chi connectivity index (χ4n) is 1.25. The van der Waals surface area contributed by atoms with Gasteiger partial charge in [0, 0.05) is 12.3 Å². The van der Waals surface area contributed by atoms with Gasteiger partial charge < -0.3 is 0 Å². The highest BCUT2D eigenvalue weighted by Gasteiger charge is 2.03. The van der Waals surface area contributed by atoms with Gasteiger partial charge in [-0.1, -0.05) is 34.1 Å². The Morgan fingerprint density at radius 3 is 2.79 bits per heavy atom. The molecule has 0 atom stereocenters. The Morgan fingerprint density at radius 1 is 1.50 bits per heavy atom. The van der Waals surface area contributed by atoms with Crippen LogP contribution in [0.25, 0.3) is 0 Å². The number of aryl methyl sites for hydroxylation is 1. The summed E-state index contributed by atoms with van der Waals surface area (Å²) in [5.74, 6) is 0.691. The second-order valence-corrected chi connectivity index (χ2v) is 4.07. The molecule has 1 rings (SSSR count). The second kappa shape index (κ2) is 5.52. The number of carbonyl (C=O) groups excluding carboxylic acids is 1. The molecule has 0 aliphatic rings. The van der Waals surface area contributed by atoms with Gasteiger partial charge in [-0.25, -0.2) is 0 Å². The predicted molar refractivity (Wildman–Crippen MR) is 63.2 cm³/mol. The smallest absolute Gasteiger partial charge is 0.147 e. The molecular weight excluding hydrogens is 263 g/mol. The van der Waals surface area contributed by atoms with Crippen molar-refractivity contribution < 1.29 is 4.79 Å². The highest BCUT2D eigenvalue weighted by atomic mass is 79.9. The van der Waals surface area contributed by atoms with E-state index in [0.717, 1.165) is 11.1 Å². The molecule has 0 fully saturated rings. The van der Waals surface area contributed by atoms with Crippen LogP contribution in [0.2, 0.25) is 0 Å². The first-order valence-electron chi connectivity index (χ1n) is 4.39. The van der Waals surface area contributed by atoms with Crippen molar-refractivity contribution in [2.45, 2.75) is 19.2 Å². The van der Waals surface area contributed by atoms with Crippen LogP contribution in [-0.2, 0) is 17.1 Å². The summed E-state index contributed by atoms with van der Waals surface area (Å²) in [4.78, 5) is 11.2. The molecule has 0 saturated carbocycles. The first kappa shape index (κ1) is 11.7. The van der Waals surface area contributed by atoms with Crippen molar-refractivity contribution in [3.8, 4) is 0 Å². The maximum atomic E-state index is 11.2. The number of ketones is 1. The van der Waals surface area contributed by atoms with Crippen LogP contribution in [-0.4, -0.2) is 11.1 Å². The van der Waals surface area contributed by atoms with Gasteiger partial charge in [0.1, 0.15) is 5.78 Å². The Hall–Kier alpha value is -0.340. The van der Waals surface area contributed by atoms with Crippen molar-refractivity contribution in [3.05, 3.63) is 34.9 Å². The molecule has 0 heterocycles. The van der Waals surface area contributed by atoms with Crippen LogP contribution in [0.1, 0.15) is 16.7 Å². The molecule has 14 heavy (non-hydrogen) atoms. The predicted octanol–water partition coefficient (Wildman–Crippen LogP) is 3.24. The van der Waals surface area contributed by atoms with Crippen molar-refractivity contribution in [1.29, 1.82) is 0 Å². The van der Waals surface area contributed by atoms with Crippen molar-refractivity contribution in [2.75, 3.05) is 5.33 Å². The minimum atomic E-state index is 0.189. The average molecular weight is 276 g/mol. The van der Waals surface area contributed by atoms with E-state index in [1.165, 1.54) is 5.56 Å². The topological polar surface area (TPSA) is 17.1 Å². The normalized spacial score (nSPS) is 10.2. The molecule has 0 radical (unpaired) electrons. The lowest BCUT2D eigenvalue weighted by atomic mass is 10.0. The highest BCUT2D eigenvalue weighted by Crippen LogP contribution is 2.14. The monoisotopic (exact) mass is 274 g/mol. The molecule has 0 unspecified atom stereocenters. The standard InChI is InChI=1S/C11H12BrClO/c1-8-2-3-9(4-10(8)7-13)5-11(14)6-12/h2-4H,5-7H2,1H3. The summed E-state index contributed by atoms with van der Waals surface area (Å²) in [6, 6.07) is 5.99. The molecule has 0 amide bonds. The summed E-state index contributed by atoms with van der Waals surface area (Å²) in [5.41, 5.74) is 3.32. The van der Waals surface area contributed by atoms with E-state index in [9.17, 15) is 4.79 Å². The Bertz CT molecular complexity index is 336. The van der Waals surface area contributed by atoms with Gasteiger partial charge in [0.05, 0.1) is 5.33 Å². The Kier molecular flexibility index (Phi) is 4.63. The maximum absolute atomic E-state index is 11.2. The molecule has 0 aliphatic heterocycles. The van der Waals surface area contributed by atoms with Crippen LogP contribution < -0.4 is 0 Å². The summed E-state index contributed by atoms with van der Waals surface area (Å²) in [6.07, 6.45) is 0.482. The lowest BCUT2D eigenvalue weighted by Gasteiger charge is -2.05. The van der Waals surface area contributed by atoms with E-state index >= 15 is 0 Å². The number of hydrogen-bond acceptors (Lipinski definition) is 1. The van der Waals surface area contributed by atoms with Crippen molar-refractivity contribution >= 4 is 33.3 Å². The molecule has 0 spiro atoms. The highest BCUT2D eigenvalue weighted by molar-refractivity contribution is 9.09. The van der Waals surface area contributed by atoms with Gasteiger partial charge in [0.2, 0.25) is 0 Å². The van der Waals surface area contributed by atoms with E-state index in [4.69, 9.17) is 11.6 Å². The van der Waals surface area contributed by atoms with Crippen molar-refractivity contribution in [3.63, 3.8) is 0 Å². The molecule has 0 N–H and O–H groups in total. The molecule has 76 valence electrons.